The maximum absolute atomic E-state index is 11.2. The molecule has 0 aliphatic carbocycles. The Morgan fingerprint density at radius 3 is 2.14 bits per heavy atom. The fourth-order valence-electron chi connectivity index (χ4n) is 1.27. The van der Waals surface area contributed by atoms with E-state index in [1.807, 2.05) is 0 Å². The number of rotatable bonds is 3. The average molecular weight is 253 g/mol. The summed E-state index contributed by atoms with van der Waals surface area (Å²) >= 11 is 5.69. The molecule has 0 heterocycles. The summed E-state index contributed by atoms with van der Waals surface area (Å²) in [4.78, 5) is 0. The van der Waals surface area contributed by atoms with Gasteiger partial charge in [0, 0.05) is 15.7 Å². The molecule has 0 spiro atoms. The quantitative estimate of drug-likeness (QED) is 0.774. The van der Waals surface area contributed by atoms with E-state index >= 15 is 0 Å². The molecule has 14 heavy (non-hydrogen) atoms. The van der Waals surface area contributed by atoms with Crippen molar-refractivity contribution < 1.29 is 8.42 Å². The van der Waals surface area contributed by atoms with Gasteiger partial charge in [-0.3, -0.25) is 0 Å². The van der Waals surface area contributed by atoms with Crippen LogP contribution in [0.15, 0.2) is 24.3 Å². The Hall–Kier alpha value is -0.250. The molecule has 0 saturated heterocycles. The van der Waals surface area contributed by atoms with Gasteiger partial charge in [0.05, 0.1) is 0 Å². The van der Waals surface area contributed by atoms with Gasteiger partial charge in [-0.1, -0.05) is 30.7 Å². The minimum absolute atomic E-state index is 0.452. The summed E-state index contributed by atoms with van der Waals surface area (Å²) in [5.41, 5.74) is 0.673. The summed E-state index contributed by atoms with van der Waals surface area (Å²) in [6.45, 7) is 1.78. The fourth-order valence-corrected chi connectivity index (χ4v) is 2.97. The van der Waals surface area contributed by atoms with Gasteiger partial charge in [0.15, 0.2) is 0 Å². The van der Waals surface area contributed by atoms with Crippen molar-refractivity contribution in [2.45, 2.75) is 18.6 Å². The van der Waals surface area contributed by atoms with E-state index in [4.69, 9.17) is 22.3 Å². The molecule has 0 saturated carbocycles. The van der Waals surface area contributed by atoms with Crippen LogP contribution >= 0.6 is 22.3 Å². The molecule has 0 amide bonds. The predicted octanol–water partition coefficient (Wildman–Crippen LogP) is 3.36. The molecule has 0 N–H and O–H groups in total. The molecule has 1 aromatic rings. The monoisotopic (exact) mass is 252 g/mol. The van der Waals surface area contributed by atoms with Crippen molar-refractivity contribution in [1.82, 2.24) is 0 Å². The van der Waals surface area contributed by atoms with Gasteiger partial charge >= 0.3 is 0 Å². The van der Waals surface area contributed by atoms with Crippen molar-refractivity contribution >= 4 is 31.3 Å². The molecule has 1 rings (SSSR count). The predicted molar refractivity (Wildman–Crippen MR) is 59.3 cm³/mol. The van der Waals surface area contributed by atoms with Crippen molar-refractivity contribution in [2.24, 2.45) is 0 Å². The minimum Gasteiger partial charge on any atom is -0.212 e. The maximum atomic E-state index is 11.2. The van der Waals surface area contributed by atoms with Crippen LogP contribution in [0.2, 0.25) is 5.02 Å². The van der Waals surface area contributed by atoms with Gasteiger partial charge in [-0.15, -0.1) is 0 Å². The summed E-state index contributed by atoms with van der Waals surface area (Å²) in [5.74, 6) is 0. The summed E-state index contributed by atoms with van der Waals surface area (Å²) in [5, 5.41) is -0.0722. The first kappa shape index (κ1) is 11.8. The van der Waals surface area contributed by atoms with E-state index in [0.717, 1.165) is 0 Å². The zero-order valence-electron chi connectivity index (χ0n) is 7.57. The van der Waals surface area contributed by atoms with Gasteiger partial charge in [0.25, 0.3) is 0 Å². The first-order chi connectivity index (χ1) is 6.45. The summed E-state index contributed by atoms with van der Waals surface area (Å²) < 4.78 is 22.4. The van der Waals surface area contributed by atoms with E-state index in [-0.39, 0.29) is 0 Å². The first-order valence-corrected chi connectivity index (χ1v) is 6.89. The van der Waals surface area contributed by atoms with Crippen LogP contribution in [0.25, 0.3) is 0 Å². The summed E-state index contributed by atoms with van der Waals surface area (Å²) in [7, 11) is 1.76. The SMILES string of the molecule is CCC(c1ccc(Cl)cc1)S(=O)(=O)Cl. The molecule has 0 aromatic heterocycles. The average Bonchev–Trinajstić information content (AvgIpc) is 2.07. The van der Waals surface area contributed by atoms with Crippen LogP contribution in [-0.4, -0.2) is 8.42 Å². The van der Waals surface area contributed by atoms with Crippen molar-refractivity contribution in [3.05, 3.63) is 34.9 Å². The van der Waals surface area contributed by atoms with Gasteiger partial charge in [-0.25, -0.2) is 8.42 Å². The van der Waals surface area contributed by atoms with Crippen molar-refractivity contribution in [3.8, 4) is 0 Å². The molecule has 78 valence electrons. The second-order valence-corrected chi connectivity index (χ2v) is 6.17. The fraction of sp³-hybridized carbons (Fsp3) is 0.333. The minimum atomic E-state index is -3.55. The van der Waals surface area contributed by atoms with Crippen molar-refractivity contribution in [2.75, 3.05) is 0 Å². The van der Waals surface area contributed by atoms with Crippen molar-refractivity contribution in [3.63, 3.8) is 0 Å². The molecule has 0 aliphatic heterocycles. The lowest BCUT2D eigenvalue weighted by atomic mass is 10.1. The Morgan fingerprint density at radius 1 is 1.29 bits per heavy atom. The summed E-state index contributed by atoms with van der Waals surface area (Å²) in [6.07, 6.45) is 0.452. The lowest BCUT2D eigenvalue weighted by Crippen LogP contribution is -2.05. The highest BCUT2D eigenvalue weighted by Gasteiger charge is 2.22. The largest absolute Gasteiger partial charge is 0.239 e. The summed E-state index contributed by atoms with van der Waals surface area (Å²) in [6, 6.07) is 6.66. The Morgan fingerprint density at radius 2 is 1.79 bits per heavy atom. The van der Waals surface area contributed by atoms with Gasteiger partial charge in [0.1, 0.15) is 5.25 Å². The lowest BCUT2D eigenvalue weighted by Gasteiger charge is -2.10. The Labute approximate surface area is 93.3 Å². The third-order valence-electron chi connectivity index (χ3n) is 1.95. The van der Waals surface area contributed by atoms with Gasteiger partial charge in [0.2, 0.25) is 9.05 Å². The van der Waals surface area contributed by atoms with E-state index in [1.54, 1.807) is 31.2 Å². The highest BCUT2D eigenvalue weighted by molar-refractivity contribution is 8.13. The number of hydrogen-bond donors (Lipinski definition) is 0. The Bertz CT molecular complexity index is 397. The smallest absolute Gasteiger partial charge is 0.212 e. The van der Waals surface area contributed by atoms with Crippen LogP contribution in [-0.2, 0) is 9.05 Å². The van der Waals surface area contributed by atoms with Gasteiger partial charge in [-0.2, -0.15) is 0 Å². The number of halogens is 2. The second kappa shape index (κ2) is 4.51. The molecule has 1 unspecified atom stereocenters. The topological polar surface area (TPSA) is 34.1 Å². The third-order valence-corrected chi connectivity index (χ3v) is 4.13. The highest BCUT2D eigenvalue weighted by atomic mass is 35.7. The molecule has 1 atom stereocenters. The van der Waals surface area contributed by atoms with Gasteiger partial charge < -0.3 is 0 Å². The molecule has 0 radical (unpaired) electrons. The zero-order chi connectivity index (χ0) is 10.8. The Balaban J connectivity index is 3.08. The van der Waals surface area contributed by atoms with E-state index in [1.165, 1.54) is 0 Å². The van der Waals surface area contributed by atoms with Crippen LogP contribution < -0.4 is 0 Å². The van der Waals surface area contributed by atoms with E-state index < -0.39 is 14.3 Å². The second-order valence-electron chi connectivity index (χ2n) is 2.92. The normalized spacial score (nSPS) is 13.9. The Kier molecular flexibility index (Phi) is 3.81. The molecule has 0 fully saturated rings. The number of hydrogen-bond acceptors (Lipinski definition) is 2. The molecule has 1 aromatic carbocycles. The highest BCUT2D eigenvalue weighted by Crippen LogP contribution is 2.29. The lowest BCUT2D eigenvalue weighted by molar-refractivity contribution is 0.594. The standard InChI is InChI=1S/C9H10Cl2O2S/c1-2-9(14(11,12)13)7-3-5-8(10)6-4-7/h3-6,9H,2H2,1H3. The molecular weight excluding hydrogens is 243 g/mol. The van der Waals surface area contributed by atoms with Crippen LogP contribution in [0.5, 0.6) is 0 Å². The first-order valence-electron chi connectivity index (χ1n) is 4.14. The maximum Gasteiger partial charge on any atom is 0.239 e. The molecule has 0 bridgehead atoms. The number of benzene rings is 1. The third kappa shape index (κ3) is 2.87. The van der Waals surface area contributed by atoms with E-state index in [9.17, 15) is 8.42 Å². The van der Waals surface area contributed by atoms with E-state index in [0.29, 0.717) is 17.0 Å². The molecule has 2 nitrogen and oxygen atoms in total. The van der Waals surface area contributed by atoms with Crippen LogP contribution in [0.3, 0.4) is 0 Å². The van der Waals surface area contributed by atoms with Crippen molar-refractivity contribution in [1.29, 1.82) is 0 Å². The van der Waals surface area contributed by atoms with Crippen LogP contribution in [0, 0.1) is 0 Å². The molecule has 5 heteroatoms. The zero-order valence-corrected chi connectivity index (χ0v) is 9.90. The van der Waals surface area contributed by atoms with Gasteiger partial charge in [-0.05, 0) is 24.1 Å². The van der Waals surface area contributed by atoms with Crippen LogP contribution in [0.1, 0.15) is 24.2 Å². The molecular formula is C9H10Cl2O2S. The van der Waals surface area contributed by atoms with E-state index in [2.05, 4.69) is 0 Å². The molecule has 0 aliphatic rings. The van der Waals surface area contributed by atoms with Crippen LogP contribution in [0.4, 0.5) is 0 Å².